The number of nitrogens with one attached hydrogen (secondary N) is 1. The fourth-order valence-electron chi connectivity index (χ4n) is 1.89. The van der Waals surface area contributed by atoms with E-state index in [2.05, 4.69) is 10.3 Å². The summed E-state index contributed by atoms with van der Waals surface area (Å²) < 4.78 is 40.7. The Bertz CT molecular complexity index is 713. The van der Waals surface area contributed by atoms with Crippen molar-refractivity contribution in [2.24, 2.45) is 0 Å². The third-order valence-electron chi connectivity index (χ3n) is 2.76. The van der Waals surface area contributed by atoms with Crippen LogP contribution in [0.4, 0.5) is 13.2 Å². The van der Waals surface area contributed by atoms with Gasteiger partial charge in [-0.05, 0) is 25.1 Å². The molecule has 2 aromatic rings. The lowest BCUT2D eigenvalue weighted by atomic mass is 10.2. The first kappa shape index (κ1) is 16.6. The summed E-state index contributed by atoms with van der Waals surface area (Å²) in [6, 6.07) is 4.03. The molecule has 1 aromatic carbocycles. The van der Waals surface area contributed by atoms with Gasteiger partial charge in [0.2, 0.25) is 0 Å². The normalized spacial score (nSPS) is 11.5. The van der Waals surface area contributed by atoms with Gasteiger partial charge < -0.3 is 5.32 Å². The van der Waals surface area contributed by atoms with Gasteiger partial charge in [-0.1, -0.05) is 23.2 Å². The summed E-state index contributed by atoms with van der Waals surface area (Å²) in [5.41, 5.74) is -1.87. The van der Waals surface area contributed by atoms with Crippen molar-refractivity contribution in [3.8, 4) is 5.69 Å². The van der Waals surface area contributed by atoms with Crippen LogP contribution in [0, 0.1) is 0 Å². The van der Waals surface area contributed by atoms with E-state index in [9.17, 15) is 18.0 Å². The van der Waals surface area contributed by atoms with Gasteiger partial charge in [-0.25, -0.2) is 4.98 Å². The molecule has 1 heterocycles. The van der Waals surface area contributed by atoms with Gasteiger partial charge in [-0.3, -0.25) is 9.36 Å². The predicted octanol–water partition coefficient (Wildman–Crippen LogP) is 3.95. The van der Waals surface area contributed by atoms with Crippen molar-refractivity contribution < 1.29 is 18.0 Å². The van der Waals surface area contributed by atoms with Crippen molar-refractivity contribution >= 4 is 29.1 Å². The van der Waals surface area contributed by atoms with Gasteiger partial charge in [-0.15, -0.1) is 0 Å². The molecule has 0 unspecified atom stereocenters. The zero-order chi connectivity index (χ0) is 16.5. The van der Waals surface area contributed by atoms with Crippen LogP contribution in [0.25, 0.3) is 5.69 Å². The number of amides is 1. The molecule has 0 aliphatic heterocycles. The predicted molar refractivity (Wildman–Crippen MR) is 76.6 cm³/mol. The summed E-state index contributed by atoms with van der Waals surface area (Å²) in [6.45, 7) is 1.78. The molecule has 0 atom stereocenters. The van der Waals surface area contributed by atoms with Gasteiger partial charge in [0.25, 0.3) is 5.91 Å². The Kier molecular flexibility index (Phi) is 4.67. The Balaban J connectivity index is 2.64. The Morgan fingerprint density at radius 3 is 2.59 bits per heavy atom. The monoisotopic (exact) mass is 351 g/mol. The van der Waals surface area contributed by atoms with Crippen molar-refractivity contribution in [1.82, 2.24) is 14.9 Å². The maximum absolute atomic E-state index is 13.3. The second-order valence-electron chi connectivity index (χ2n) is 4.26. The molecule has 0 bridgehead atoms. The minimum Gasteiger partial charge on any atom is -0.351 e. The Labute approximate surface area is 133 Å². The van der Waals surface area contributed by atoms with Gasteiger partial charge in [0, 0.05) is 11.6 Å². The molecule has 9 heteroatoms. The Morgan fingerprint density at radius 1 is 1.36 bits per heavy atom. The summed E-state index contributed by atoms with van der Waals surface area (Å²) in [6.07, 6.45) is -3.87. The zero-order valence-corrected chi connectivity index (χ0v) is 12.7. The molecule has 2 rings (SSSR count). The minimum atomic E-state index is -4.78. The standard InChI is InChI=1S/C13H10Cl2F3N3O/c1-2-19-12(22)10-11(13(16,17)18)21(6-20-10)9-4-3-7(14)5-8(9)15/h3-6H,2H2,1H3,(H,19,22). The van der Waals surface area contributed by atoms with Gasteiger partial charge in [0.15, 0.2) is 11.4 Å². The first-order valence-electron chi connectivity index (χ1n) is 6.13. The molecule has 0 saturated carbocycles. The first-order chi connectivity index (χ1) is 10.3. The third kappa shape index (κ3) is 3.20. The molecule has 1 aromatic heterocycles. The van der Waals surface area contributed by atoms with Crippen molar-refractivity contribution in [1.29, 1.82) is 0 Å². The third-order valence-corrected chi connectivity index (χ3v) is 3.30. The average Bonchev–Trinajstić information content (AvgIpc) is 2.83. The highest BCUT2D eigenvalue weighted by atomic mass is 35.5. The molecular formula is C13H10Cl2F3N3O. The summed E-state index contributed by atoms with van der Waals surface area (Å²) >= 11 is 11.7. The van der Waals surface area contributed by atoms with Gasteiger partial charge in [-0.2, -0.15) is 13.2 Å². The van der Waals surface area contributed by atoms with Crippen molar-refractivity contribution in [2.75, 3.05) is 6.54 Å². The molecule has 0 aliphatic carbocycles. The number of benzene rings is 1. The second-order valence-corrected chi connectivity index (χ2v) is 5.11. The highest BCUT2D eigenvalue weighted by Gasteiger charge is 2.40. The van der Waals surface area contributed by atoms with Gasteiger partial charge in [0.05, 0.1) is 10.7 Å². The second kappa shape index (κ2) is 6.18. The number of imidazole rings is 1. The summed E-state index contributed by atoms with van der Waals surface area (Å²) in [7, 11) is 0. The molecule has 0 fully saturated rings. The van der Waals surface area contributed by atoms with Crippen molar-refractivity contribution in [3.63, 3.8) is 0 Å². The highest BCUT2D eigenvalue weighted by molar-refractivity contribution is 6.35. The van der Waals surface area contributed by atoms with Crippen LogP contribution in [0.1, 0.15) is 23.1 Å². The van der Waals surface area contributed by atoms with Crippen LogP contribution in [0.15, 0.2) is 24.5 Å². The molecule has 0 radical (unpaired) electrons. The SMILES string of the molecule is CCNC(=O)c1ncn(-c2ccc(Cl)cc2Cl)c1C(F)(F)F. The summed E-state index contributed by atoms with van der Waals surface area (Å²) in [5.74, 6) is -0.904. The molecule has 118 valence electrons. The van der Waals surface area contributed by atoms with Crippen molar-refractivity contribution in [2.45, 2.75) is 13.1 Å². The fourth-order valence-corrected chi connectivity index (χ4v) is 2.39. The van der Waals surface area contributed by atoms with Crippen LogP contribution in [0.5, 0.6) is 0 Å². The number of alkyl halides is 3. The quantitative estimate of drug-likeness (QED) is 0.909. The lowest BCUT2D eigenvalue weighted by Crippen LogP contribution is -2.27. The first-order valence-corrected chi connectivity index (χ1v) is 6.89. The number of rotatable bonds is 3. The number of aromatic nitrogens is 2. The number of hydrogen-bond donors (Lipinski definition) is 1. The average molecular weight is 352 g/mol. The van der Waals surface area contributed by atoms with Crippen LogP contribution in [0.2, 0.25) is 10.0 Å². The van der Waals surface area contributed by atoms with Crippen molar-refractivity contribution in [3.05, 3.63) is 46.0 Å². The van der Waals surface area contributed by atoms with Crippen LogP contribution < -0.4 is 5.32 Å². The highest BCUT2D eigenvalue weighted by Crippen LogP contribution is 2.35. The van der Waals surface area contributed by atoms with E-state index in [0.29, 0.717) is 0 Å². The minimum absolute atomic E-state index is 0.0119. The molecule has 1 amide bonds. The zero-order valence-electron chi connectivity index (χ0n) is 11.2. The smallest absolute Gasteiger partial charge is 0.351 e. The molecule has 4 nitrogen and oxygen atoms in total. The molecule has 1 N–H and O–H groups in total. The van der Waals surface area contributed by atoms with E-state index >= 15 is 0 Å². The van der Waals surface area contributed by atoms with E-state index in [1.54, 1.807) is 6.92 Å². The van der Waals surface area contributed by atoms with E-state index in [1.165, 1.54) is 18.2 Å². The number of hydrogen-bond acceptors (Lipinski definition) is 2. The molecule has 0 saturated heterocycles. The molecule has 0 aliphatic rings. The van der Waals surface area contributed by atoms with Crippen LogP contribution in [-0.4, -0.2) is 22.0 Å². The summed E-state index contributed by atoms with van der Waals surface area (Å²) in [4.78, 5) is 15.3. The Hall–Kier alpha value is -1.73. The number of carbonyl (C=O) groups is 1. The van der Waals surface area contributed by atoms with E-state index in [1.807, 2.05) is 0 Å². The van der Waals surface area contributed by atoms with E-state index in [4.69, 9.17) is 23.2 Å². The number of carbonyl (C=O) groups excluding carboxylic acids is 1. The van der Waals surface area contributed by atoms with E-state index in [0.717, 1.165) is 10.9 Å². The van der Waals surface area contributed by atoms with Crippen LogP contribution in [0.3, 0.4) is 0 Å². The Morgan fingerprint density at radius 2 is 2.05 bits per heavy atom. The largest absolute Gasteiger partial charge is 0.434 e. The summed E-state index contributed by atoms with van der Waals surface area (Å²) in [5, 5.41) is 2.59. The van der Waals surface area contributed by atoms with E-state index < -0.39 is 23.5 Å². The number of halogens is 5. The number of nitrogens with zero attached hydrogens (tertiary/aromatic N) is 2. The fraction of sp³-hybridized carbons (Fsp3) is 0.231. The van der Waals surface area contributed by atoms with Crippen LogP contribution in [-0.2, 0) is 6.18 Å². The lowest BCUT2D eigenvalue weighted by molar-refractivity contribution is -0.142. The maximum Gasteiger partial charge on any atom is 0.434 e. The molecule has 0 spiro atoms. The topological polar surface area (TPSA) is 46.9 Å². The van der Waals surface area contributed by atoms with Gasteiger partial charge in [0.1, 0.15) is 6.33 Å². The van der Waals surface area contributed by atoms with E-state index in [-0.39, 0.29) is 22.3 Å². The maximum atomic E-state index is 13.3. The van der Waals surface area contributed by atoms with Gasteiger partial charge >= 0.3 is 6.18 Å². The van der Waals surface area contributed by atoms with Crippen LogP contribution >= 0.6 is 23.2 Å². The lowest BCUT2D eigenvalue weighted by Gasteiger charge is -2.14. The molecular weight excluding hydrogens is 342 g/mol. The molecule has 22 heavy (non-hydrogen) atoms.